The van der Waals surface area contributed by atoms with E-state index in [1.54, 1.807) is 12.1 Å². The number of carbonyl (C=O) groups is 1. The second-order valence-corrected chi connectivity index (χ2v) is 5.95. The second-order valence-electron chi connectivity index (χ2n) is 5.54. The minimum atomic E-state index is -4.52. The molecule has 7 heteroatoms. The maximum absolute atomic E-state index is 12.8. The van der Waals surface area contributed by atoms with Crippen molar-refractivity contribution in [3.8, 4) is 5.75 Å². The van der Waals surface area contributed by atoms with Crippen LogP contribution in [0.2, 0.25) is 5.02 Å². The largest absolute Gasteiger partial charge is 0.484 e. The van der Waals surface area contributed by atoms with E-state index in [9.17, 15) is 18.0 Å². The molecule has 0 fully saturated rings. The van der Waals surface area contributed by atoms with Gasteiger partial charge in [-0.05, 0) is 41.1 Å². The zero-order valence-electron chi connectivity index (χ0n) is 13.3. The number of ether oxygens (including phenoxy) is 1. The Morgan fingerprint density at radius 1 is 1.00 bits per heavy atom. The average Bonchev–Trinajstić information content (AvgIpc) is 2.60. The molecular weight excluding hydrogens is 367 g/mol. The highest BCUT2D eigenvalue weighted by molar-refractivity contribution is 6.33. The Morgan fingerprint density at radius 3 is 2.46 bits per heavy atom. The van der Waals surface area contributed by atoms with Crippen LogP contribution in [0.15, 0.2) is 60.7 Å². The van der Waals surface area contributed by atoms with Crippen LogP contribution in [0.5, 0.6) is 5.75 Å². The first kappa shape index (κ1) is 18.1. The molecule has 0 heterocycles. The molecule has 3 rings (SSSR count). The Labute approximate surface area is 152 Å². The molecule has 0 saturated heterocycles. The van der Waals surface area contributed by atoms with E-state index in [0.717, 1.165) is 29.0 Å². The molecule has 0 spiro atoms. The first-order valence-corrected chi connectivity index (χ1v) is 7.99. The Kier molecular flexibility index (Phi) is 5.04. The summed E-state index contributed by atoms with van der Waals surface area (Å²) < 4.78 is 43.7. The molecular formula is C19H13ClF3NO2. The second kappa shape index (κ2) is 7.25. The van der Waals surface area contributed by atoms with Crippen LogP contribution in [0.3, 0.4) is 0 Å². The van der Waals surface area contributed by atoms with Crippen molar-refractivity contribution in [3.05, 3.63) is 71.2 Å². The first-order chi connectivity index (χ1) is 12.3. The van der Waals surface area contributed by atoms with Gasteiger partial charge in [-0.25, -0.2) is 0 Å². The van der Waals surface area contributed by atoms with Crippen LogP contribution in [0.4, 0.5) is 18.9 Å². The normalized spacial score (nSPS) is 11.4. The molecule has 0 unspecified atom stereocenters. The molecule has 134 valence electrons. The van der Waals surface area contributed by atoms with E-state index >= 15 is 0 Å². The van der Waals surface area contributed by atoms with Gasteiger partial charge in [0.25, 0.3) is 5.91 Å². The number of halogens is 4. The number of hydrogen-bond acceptors (Lipinski definition) is 2. The maximum atomic E-state index is 12.8. The van der Waals surface area contributed by atoms with Crippen molar-refractivity contribution in [3.63, 3.8) is 0 Å². The number of hydrogen-bond donors (Lipinski definition) is 1. The predicted molar refractivity (Wildman–Crippen MR) is 94.5 cm³/mol. The molecule has 3 nitrogen and oxygen atoms in total. The fourth-order valence-corrected chi connectivity index (χ4v) is 2.55. The Balaban J connectivity index is 1.67. The number of anilines is 1. The minimum absolute atomic E-state index is 0.0112. The third-order valence-electron chi connectivity index (χ3n) is 3.66. The number of nitrogens with one attached hydrogen (secondary N) is 1. The summed E-state index contributed by atoms with van der Waals surface area (Å²) in [5.74, 6) is -0.131. The van der Waals surface area contributed by atoms with E-state index in [0.29, 0.717) is 5.75 Å². The highest BCUT2D eigenvalue weighted by atomic mass is 35.5. The van der Waals surface area contributed by atoms with E-state index in [1.165, 1.54) is 0 Å². The lowest BCUT2D eigenvalue weighted by molar-refractivity contribution is -0.137. The fraction of sp³-hybridized carbons (Fsp3) is 0.105. The van der Waals surface area contributed by atoms with Crippen LogP contribution in [-0.2, 0) is 11.0 Å². The van der Waals surface area contributed by atoms with Crippen LogP contribution in [0, 0.1) is 0 Å². The van der Waals surface area contributed by atoms with Crippen LogP contribution >= 0.6 is 11.6 Å². The van der Waals surface area contributed by atoms with Gasteiger partial charge in [0.15, 0.2) is 6.61 Å². The SMILES string of the molecule is O=C(COc1ccc2ccccc2c1)Nc1cc(C(F)(F)F)ccc1Cl. The van der Waals surface area contributed by atoms with Crippen molar-refractivity contribution in [2.45, 2.75) is 6.18 Å². The number of benzene rings is 3. The molecule has 1 amide bonds. The van der Waals surface area contributed by atoms with Crippen molar-refractivity contribution in [1.29, 1.82) is 0 Å². The van der Waals surface area contributed by atoms with E-state index in [1.807, 2.05) is 30.3 Å². The highest BCUT2D eigenvalue weighted by Gasteiger charge is 2.31. The van der Waals surface area contributed by atoms with Crippen molar-refractivity contribution in [1.82, 2.24) is 0 Å². The third-order valence-corrected chi connectivity index (χ3v) is 3.99. The van der Waals surface area contributed by atoms with Gasteiger partial charge >= 0.3 is 6.18 Å². The van der Waals surface area contributed by atoms with Gasteiger partial charge < -0.3 is 10.1 Å². The van der Waals surface area contributed by atoms with Crippen LogP contribution in [-0.4, -0.2) is 12.5 Å². The van der Waals surface area contributed by atoms with Crippen molar-refractivity contribution >= 4 is 34.0 Å². The quantitative estimate of drug-likeness (QED) is 0.647. The van der Waals surface area contributed by atoms with E-state index in [2.05, 4.69) is 5.32 Å². The van der Waals surface area contributed by atoms with Crippen molar-refractivity contribution < 1.29 is 22.7 Å². The van der Waals surface area contributed by atoms with E-state index in [-0.39, 0.29) is 17.3 Å². The standard InChI is InChI=1S/C19H13ClF3NO2/c20-16-8-6-14(19(21,22)23)10-17(16)24-18(25)11-26-15-7-5-12-3-1-2-4-13(12)9-15/h1-10H,11H2,(H,24,25). The molecule has 0 saturated carbocycles. The van der Waals surface area contributed by atoms with Crippen molar-refractivity contribution in [2.24, 2.45) is 0 Å². The van der Waals surface area contributed by atoms with Gasteiger partial charge in [0, 0.05) is 0 Å². The summed E-state index contributed by atoms with van der Waals surface area (Å²) in [4.78, 5) is 12.0. The minimum Gasteiger partial charge on any atom is -0.484 e. The maximum Gasteiger partial charge on any atom is 0.416 e. The van der Waals surface area contributed by atoms with Crippen LogP contribution in [0.1, 0.15) is 5.56 Å². The Morgan fingerprint density at radius 2 is 1.73 bits per heavy atom. The molecule has 26 heavy (non-hydrogen) atoms. The number of alkyl halides is 3. The summed E-state index contributed by atoms with van der Waals surface area (Å²) in [6.45, 7) is -0.356. The van der Waals surface area contributed by atoms with Gasteiger partial charge in [0.2, 0.25) is 0 Å². The zero-order chi connectivity index (χ0) is 18.7. The van der Waals surface area contributed by atoms with E-state index < -0.39 is 17.6 Å². The van der Waals surface area contributed by atoms with Gasteiger partial charge in [-0.2, -0.15) is 13.2 Å². The molecule has 1 N–H and O–H groups in total. The molecule has 0 bridgehead atoms. The van der Waals surface area contributed by atoms with Gasteiger partial charge in [-0.3, -0.25) is 4.79 Å². The smallest absolute Gasteiger partial charge is 0.416 e. The van der Waals surface area contributed by atoms with Gasteiger partial charge in [-0.15, -0.1) is 0 Å². The molecule has 0 aromatic heterocycles. The Bertz CT molecular complexity index is 957. The lowest BCUT2D eigenvalue weighted by atomic mass is 10.1. The van der Waals surface area contributed by atoms with Crippen LogP contribution < -0.4 is 10.1 Å². The lowest BCUT2D eigenvalue weighted by Crippen LogP contribution is -2.20. The molecule has 0 atom stereocenters. The number of amides is 1. The fourth-order valence-electron chi connectivity index (χ4n) is 2.39. The van der Waals surface area contributed by atoms with E-state index in [4.69, 9.17) is 16.3 Å². The monoisotopic (exact) mass is 379 g/mol. The molecule has 0 radical (unpaired) electrons. The van der Waals surface area contributed by atoms with Gasteiger partial charge in [0.05, 0.1) is 16.3 Å². The topological polar surface area (TPSA) is 38.3 Å². The average molecular weight is 380 g/mol. The summed E-state index contributed by atoms with van der Waals surface area (Å²) in [5.41, 5.74) is -1.01. The van der Waals surface area contributed by atoms with Gasteiger partial charge in [0.1, 0.15) is 5.75 Å². The highest BCUT2D eigenvalue weighted by Crippen LogP contribution is 2.33. The first-order valence-electron chi connectivity index (χ1n) is 7.61. The number of fused-ring (bicyclic) bond motifs is 1. The number of rotatable bonds is 4. The summed E-state index contributed by atoms with van der Waals surface area (Å²) in [6, 6.07) is 15.7. The van der Waals surface area contributed by atoms with Crippen LogP contribution in [0.25, 0.3) is 10.8 Å². The third kappa shape index (κ3) is 4.26. The summed E-state index contributed by atoms with van der Waals surface area (Å²) >= 11 is 5.85. The van der Waals surface area contributed by atoms with Crippen molar-refractivity contribution in [2.75, 3.05) is 11.9 Å². The molecule has 0 aliphatic rings. The zero-order valence-corrected chi connectivity index (χ0v) is 14.1. The summed E-state index contributed by atoms with van der Waals surface area (Å²) in [5, 5.41) is 4.32. The molecule has 3 aromatic carbocycles. The molecule has 0 aliphatic carbocycles. The lowest BCUT2D eigenvalue weighted by Gasteiger charge is -2.12. The van der Waals surface area contributed by atoms with Gasteiger partial charge in [-0.1, -0.05) is 41.9 Å². The number of carbonyl (C=O) groups excluding carboxylic acids is 1. The predicted octanol–water partition coefficient (Wildman–Crippen LogP) is 5.53. The molecule has 3 aromatic rings. The Hall–Kier alpha value is -2.73. The summed E-state index contributed by atoms with van der Waals surface area (Å²) in [7, 11) is 0. The summed E-state index contributed by atoms with van der Waals surface area (Å²) in [6.07, 6.45) is -4.52. The molecule has 0 aliphatic heterocycles.